The van der Waals surface area contributed by atoms with E-state index in [9.17, 15) is 9.18 Å². The highest BCUT2D eigenvalue weighted by Gasteiger charge is 2.28. The molecule has 0 radical (unpaired) electrons. The van der Waals surface area contributed by atoms with Gasteiger partial charge >= 0.3 is 5.97 Å². The van der Waals surface area contributed by atoms with Crippen molar-refractivity contribution >= 4 is 11.7 Å². The van der Waals surface area contributed by atoms with Crippen LogP contribution in [-0.4, -0.2) is 23.9 Å². The van der Waals surface area contributed by atoms with Crippen LogP contribution in [0.15, 0.2) is 29.4 Å². The van der Waals surface area contributed by atoms with Crippen LogP contribution in [0.25, 0.3) is 0 Å². The molecule has 4 nitrogen and oxygen atoms in total. The molecule has 132 valence electrons. The van der Waals surface area contributed by atoms with Gasteiger partial charge in [-0.15, -0.1) is 0 Å². The highest BCUT2D eigenvalue weighted by atomic mass is 19.1. The van der Waals surface area contributed by atoms with Crippen LogP contribution in [-0.2, 0) is 14.4 Å². The van der Waals surface area contributed by atoms with E-state index in [-0.39, 0.29) is 17.9 Å². The smallest absolute Gasteiger partial charge is 0.361 e. The Morgan fingerprint density at radius 1 is 1.17 bits per heavy atom. The lowest BCUT2D eigenvalue weighted by Gasteiger charge is -2.29. The lowest BCUT2D eigenvalue weighted by Crippen LogP contribution is -2.29. The fraction of sp³-hybridized carbons (Fsp3) is 0.579. The number of ether oxygens (including phenoxy) is 1. The molecule has 0 amide bonds. The quantitative estimate of drug-likeness (QED) is 0.448. The van der Waals surface area contributed by atoms with Crippen LogP contribution in [0.4, 0.5) is 4.39 Å². The normalized spacial score (nSPS) is 18.4. The van der Waals surface area contributed by atoms with Gasteiger partial charge in [0.05, 0.1) is 6.61 Å². The van der Waals surface area contributed by atoms with Crippen molar-refractivity contribution in [3.8, 4) is 0 Å². The zero-order chi connectivity index (χ0) is 17.4. The Hall–Kier alpha value is -1.91. The molecule has 24 heavy (non-hydrogen) atoms. The second kappa shape index (κ2) is 8.81. The lowest BCUT2D eigenvalue weighted by molar-refractivity contribution is -0.135. The van der Waals surface area contributed by atoms with Crippen molar-refractivity contribution < 1.29 is 18.8 Å². The molecule has 0 spiro atoms. The Bertz CT molecular complexity index is 578. The maximum Gasteiger partial charge on any atom is 0.361 e. The molecule has 1 saturated carbocycles. The van der Waals surface area contributed by atoms with E-state index in [1.54, 1.807) is 19.1 Å². The summed E-state index contributed by atoms with van der Waals surface area (Å²) in [6.45, 7) is 3.91. The molecule has 0 aliphatic heterocycles. The number of esters is 1. The number of hydrogen-bond donors (Lipinski definition) is 0. The fourth-order valence-corrected chi connectivity index (χ4v) is 2.95. The molecule has 0 aromatic heterocycles. The van der Waals surface area contributed by atoms with E-state index in [1.165, 1.54) is 31.4 Å². The predicted molar refractivity (Wildman–Crippen MR) is 91.4 cm³/mol. The number of hydrogen-bond acceptors (Lipinski definition) is 4. The van der Waals surface area contributed by atoms with Crippen molar-refractivity contribution in [3.63, 3.8) is 0 Å². The molecular formula is C19H26FNO3. The molecule has 1 aromatic rings. The molecule has 0 heterocycles. The van der Waals surface area contributed by atoms with E-state index in [0.717, 1.165) is 25.7 Å². The lowest BCUT2D eigenvalue weighted by atomic mass is 9.89. The average Bonchev–Trinajstić information content (AvgIpc) is 2.54. The summed E-state index contributed by atoms with van der Waals surface area (Å²) in [7, 11) is 0. The highest BCUT2D eigenvalue weighted by Crippen LogP contribution is 2.29. The first-order valence-corrected chi connectivity index (χ1v) is 8.74. The molecule has 2 rings (SSSR count). The van der Waals surface area contributed by atoms with E-state index in [2.05, 4.69) is 5.16 Å². The highest BCUT2D eigenvalue weighted by molar-refractivity contribution is 6.43. The molecule has 0 N–H and O–H groups in total. The Balaban J connectivity index is 2.24. The zero-order valence-corrected chi connectivity index (χ0v) is 14.5. The van der Waals surface area contributed by atoms with E-state index in [0.29, 0.717) is 0 Å². The summed E-state index contributed by atoms with van der Waals surface area (Å²) in [5.41, 5.74) is -0.438. The number of nitrogens with zero attached hydrogens (tertiary/aromatic N) is 1. The maximum atomic E-state index is 14.1. The van der Waals surface area contributed by atoms with Crippen LogP contribution in [0.1, 0.15) is 64.4 Å². The minimum Gasteiger partial charge on any atom is -0.461 e. The van der Waals surface area contributed by atoms with Gasteiger partial charge < -0.3 is 9.57 Å². The van der Waals surface area contributed by atoms with Crippen molar-refractivity contribution in [3.05, 3.63) is 35.6 Å². The summed E-state index contributed by atoms with van der Waals surface area (Å²) in [5, 5.41) is 4.04. The van der Waals surface area contributed by atoms with Gasteiger partial charge in [-0.2, -0.15) is 0 Å². The molecule has 1 aliphatic carbocycles. The number of carbonyl (C=O) groups is 1. The van der Waals surface area contributed by atoms with Gasteiger partial charge in [0.15, 0.2) is 5.71 Å². The monoisotopic (exact) mass is 335 g/mol. The summed E-state index contributed by atoms with van der Waals surface area (Å²) >= 11 is 0. The minimum atomic E-state index is -0.669. The third-order valence-corrected chi connectivity index (χ3v) is 4.37. The second-order valence-corrected chi connectivity index (χ2v) is 6.45. The SMILES string of the molecule is CCOC(=O)/C(=N\OC1(C)CCCCCCC1)c1ccccc1F. The first kappa shape index (κ1) is 18.4. The van der Waals surface area contributed by atoms with Crippen LogP contribution in [0.3, 0.4) is 0 Å². The number of carbonyl (C=O) groups excluding carboxylic acids is 1. The predicted octanol–water partition coefficient (Wildman–Crippen LogP) is 4.61. The van der Waals surface area contributed by atoms with Gasteiger partial charge in [0.1, 0.15) is 11.4 Å². The van der Waals surface area contributed by atoms with E-state index < -0.39 is 17.4 Å². The van der Waals surface area contributed by atoms with Gasteiger partial charge in [0.2, 0.25) is 0 Å². The van der Waals surface area contributed by atoms with Crippen molar-refractivity contribution in [2.45, 2.75) is 64.4 Å². The van der Waals surface area contributed by atoms with Crippen LogP contribution in [0, 0.1) is 5.82 Å². The Morgan fingerprint density at radius 3 is 2.42 bits per heavy atom. The third-order valence-electron chi connectivity index (χ3n) is 4.37. The second-order valence-electron chi connectivity index (χ2n) is 6.45. The summed E-state index contributed by atoms with van der Waals surface area (Å²) in [6.07, 6.45) is 7.51. The summed E-state index contributed by atoms with van der Waals surface area (Å²) in [5.74, 6) is -1.19. The molecule has 1 aliphatic rings. The number of benzene rings is 1. The third kappa shape index (κ3) is 5.05. The summed E-state index contributed by atoms with van der Waals surface area (Å²) < 4.78 is 19.1. The first-order chi connectivity index (χ1) is 11.6. The van der Waals surface area contributed by atoms with Crippen LogP contribution in [0.2, 0.25) is 0 Å². The standard InChI is InChI=1S/C19H26FNO3/c1-3-23-18(22)17(15-11-7-8-12-16(15)20)21-24-19(2)13-9-5-4-6-10-14-19/h7-8,11-12H,3-6,9-10,13-14H2,1-2H3/b21-17-. The van der Waals surface area contributed by atoms with Gasteiger partial charge in [-0.1, -0.05) is 36.6 Å². The van der Waals surface area contributed by atoms with Crippen molar-refractivity contribution in [2.24, 2.45) is 5.16 Å². The Labute approximate surface area is 143 Å². The minimum absolute atomic E-state index is 0.102. The first-order valence-electron chi connectivity index (χ1n) is 8.74. The van der Waals surface area contributed by atoms with E-state index in [4.69, 9.17) is 9.57 Å². The molecule has 0 unspecified atom stereocenters. The average molecular weight is 335 g/mol. The molecule has 5 heteroatoms. The summed E-state index contributed by atoms with van der Waals surface area (Å²) in [4.78, 5) is 18.0. The number of oxime groups is 1. The molecule has 0 atom stereocenters. The van der Waals surface area contributed by atoms with Gasteiger partial charge in [0.25, 0.3) is 0 Å². The van der Waals surface area contributed by atoms with E-state index in [1.807, 2.05) is 6.92 Å². The van der Waals surface area contributed by atoms with Crippen molar-refractivity contribution in [2.75, 3.05) is 6.61 Å². The van der Waals surface area contributed by atoms with Crippen molar-refractivity contribution in [1.29, 1.82) is 0 Å². The number of halogens is 1. The van der Waals surface area contributed by atoms with Crippen LogP contribution >= 0.6 is 0 Å². The molecule has 1 fully saturated rings. The van der Waals surface area contributed by atoms with Crippen LogP contribution in [0.5, 0.6) is 0 Å². The van der Waals surface area contributed by atoms with Crippen molar-refractivity contribution in [1.82, 2.24) is 0 Å². The van der Waals surface area contributed by atoms with Crippen LogP contribution < -0.4 is 0 Å². The summed E-state index contributed by atoms with van der Waals surface area (Å²) in [6, 6.07) is 6.03. The fourth-order valence-electron chi connectivity index (χ4n) is 2.95. The Morgan fingerprint density at radius 2 is 1.79 bits per heavy atom. The van der Waals surface area contributed by atoms with Gasteiger partial charge in [-0.3, -0.25) is 0 Å². The Kier molecular flexibility index (Phi) is 6.76. The molecule has 0 saturated heterocycles. The maximum absolute atomic E-state index is 14.1. The number of rotatable bonds is 5. The molecule has 1 aromatic carbocycles. The van der Waals surface area contributed by atoms with Gasteiger partial charge in [-0.25, -0.2) is 9.18 Å². The van der Waals surface area contributed by atoms with Gasteiger partial charge in [0, 0.05) is 5.56 Å². The topological polar surface area (TPSA) is 47.9 Å². The van der Waals surface area contributed by atoms with E-state index >= 15 is 0 Å². The zero-order valence-electron chi connectivity index (χ0n) is 14.5. The van der Waals surface area contributed by atoms with Gasteiger partial charge in [-0.05, 0) is 51.7 Å². The molecule has 0 bridgehead atoms. The molecular weight excluding hydrogens is 309 g/mol. The largest absolute Gasteiger partial charge is 0.461 e.